The maximum absolute atomic E-state index is 6.21. The molecule has 1 atom stereocenters. The van der Waals surface area contributed by atoms with E-state index in [1.807, 2.05) is 6.07 Å². The number of aromatic nitrogens is 1. The quantitative estimate of drug-likeness (QED) is 0.272. The molecule has 0 aliphatic heterocycles. The Balaban J connectivity index is 1.51. The molecule has 0 bridgehead atoms. The van der Waals surface area contributed by atoms with Crippen LogP contribution in [-0.2, 0) is 6.42 Å². The second-order valence-corrected chi connectivity index (χ2v) is 9.06. The van der Waals surface area contributed by atoms with Crippen LogP contribution < -0.4 is 0 Å². The fourth-order valence-corrected chi connectivity index (χ4v) is 5.44. The van der Waals surface area contributed by atoms with Crippen molar-refractivity contribution < 1.29 is 4.42 Å². The number of nitrogens with zero attached hydrogens (tertiary/aromatic N) is 1. The highest BCUT2D eigenvalue weighted by molar-refractivity contribution is 6.12. The Morgan fingerprint density at radius 2 is 1.42 bits per heavy atom. The smallest absolute Gasteiger partial charge is 0.134 e. The van der Waals surface area contributed by atoms with Gasteiger partial charge in [0.1, 0.15) is 11.3 Å². The van der Waals surface area contributed by atoms with E-state index in [-0.39, 0.29) is 0 Å². The van der Waals surface area contributed by atoms with Gasteiger partial charge in [-0.2, -0.15) is 0 Å². The minimum atomic E-state index is 0.353. The lowest BCUT2D eigenvalue weighted by atomic mass is 9.91. The van der Waals surface area contributed by atoms with Crippen LogP contribution in [0.2, 0.25) is 0 Å². The number of allylic oxidation sites excluding steroid dienone is 1. The zero-order valence-electron chi connectivity index (χ0n) is 18.5. The Morgan fingerprint density at radius 3 is 2.30 bits per heavy atom. The van der Waals surface area contributed by atoms with Crippen LogP contribution in [-0.4, -0.2) is 4.57 Å². The monoisotopic (exact) mass is 425 g/mol. The van der Waals surface area contributed by atoms with Crippen LogP contribution in [0.3, 0.4) is 0 Å². The van der Waals surface area contributed by atoms with E-state index in [4.69, 9.17) is 4.42 Å². The Bertz CT molecular complexity index is 1700. The van der Waals surface area contributed by atoms with Crippen LogP contribution in [0.1, 0.15) is 18.2 Å². The first-order valence-electron chi connectivity index (χ1n) is 11.6. The lowest BCUT2D eigenvalue weighted by molar-refractivity contribution is 0.513. The first-order valence-corrected chi connectivity index (χ1v) is 11.6. The first-order chi connectivity index (χ1) is 16.3. The Labute approximate surface area is 192 Å². The van der Waals surface area contributed by atoms with Crippen molar-refractivity contribution in [1.29, 1.82) is 0 Å². The molecular weight excluding hydrogens is 402 g/mol. The van der Waals surface area contributed by atoms with E-state index in [1.165, 1.54) is 49.6 Å². The molecule has 158 valence electrons. The largest absolute Gasteiger partial charge is 0.460 e. The third-order valence-corrected chi connectivity index (χ3v) is 7.04. The minimum absolute atomic E-state index is 0.353. The highest BCUT2D eigenvalue weighted by Crippen LogP contribution is 2.42. The lowest BCUT2D eigenvalue weighted by Crippen LogP contribution is -2.13. The molecule has 0 spiro atoms. The van der Waals surface area contributed by atoms with Crippen molar-refractivity contribution in [3.8, 4) is 11.1 Å². The molecule has 0 saturated heterocycles. The number of rotatable bonds is 2. The summed E-state index contributed by atoms with van der Waals surface area (Å²) >= 11 is 0. The van der Waals surface area contributed by atoms with Crippen molar-refractivity contribution >= 4 is 44.5 Å². The molecule has 1 aliphatic carbocycles. The molecule has 2 aromatic heterocycles. The van der Waals surface area contributed by atoms with Crippen molar-refractivity contribution in [2.24, 2.45) is 5.92 Å². The van der Waals surface area contributed by atoms with Crippen LogP contribution in [0.15, 0.2) is 101 Å². The summed E-state index contributed by atoms with van der Waals surface area (Å²) in [6.45, 7) is 2.31. The van der Waals surface area contributed by atoms with Gasteiger partial charge in [-0.15, -0.1) is 0 Å². The summed E-state index contributed by atoms with van der Waals surface area (Å²) in [7, 11) is 0. The number of hydrogen-bond acceptors (Lipinski definition) is 1. The SMILES string of the molecule is CC1Cc2oc3ccccc3c2C=C1n1c2ccccc2c2cc(-c3ccccc3)ccc21. The van der Waals surface area contributed by atoms with E-state index >= 15 is 0 Å². The van der Waals surface area contributed by atoms with Gasteiger partial charge in [0.15, 0.2) is 0 Å². The summed E-state index contributed by atoms with van der Waals surface area (Å²) < 4.78 is 8.68. The molecule has 1 unspecified atom stereocenters. The number of furan rings is 1. The third-order valence-electron chi connectivity index (χ3n) is 7.04. The van der Waals surface area contributed by atoms with Gasteiger partial charge in [-0.3, -0.25) is 0 Å². The molecule has 0 amide bonds. The zero-order chi connectivity index (χ0) is 21.9. The van der Waals surface area contributed by atoms with Gasteiger partial charge < -0.3 is 8.98 Å². The van der Waals surface area contributed by atoms with Crippen LogP contribution in [0.4, 0.5) is 0 Å². The van der Waals surface area contributed by atoms with Crippen LogP contribution in [0.5, 0.6) is 0 Å². The molecule has 2 heteroatoms. The zero-order valence-corrected chi connectivity index (χ0v) is 18.5. The van der Waals surface area contributed by atoms with Gasteiger partial charge in [-0.05, 0) is 41.5 Å². The molecule has 0 saturated carbocycles. The Kier molecular flexibility index (Phi) is 3.92. The van der Waals surface area contributed by atoms with E-state index in [2.05, 4.69) is 109 Å². The molecule has 2 heterocycles. The summed E-state index contributed by atoms with van der Waals surface area (Å²) in [5.41, 5.74) is 8.54. The van der Waals surface area contributed by atoms with Crippen LogP contribution in [0, 0.1) is 5.92 Å². The van der Waals surface area contributed by atoms with E-state index in [9.17, 15) is 0 Å². The normalized spacial score (nSPS) is 15.8. The van der Waals surface area contributed by atoms with E-state index in [0.29, 0.717) is 5.92 Å². The van der Waals surface area contributed by atoms with Gasteiger partial charge >= 0.3 is 0 Å². The van der Waals surface area contributed by atoms with Crippen molar-refractivity contribution in [2.75, 3.05) is 0 Å². The average molecular weight is 426 g/mol. The summed E-state index contributed by atoms with van der Waals surface area (Å²) in [5, 5.41) is 3.79. The molecule has 2 nitrogen and oxygen atoms in total. The molecule has 33 heavy (non-hydrogen) atoms. The van der Waals surface area contributed by atoms with E-state index in [1.54, 1.807) is 0 Å². The van der Waals surface area contributed by atoms with Crippen molar-refractivity contribution in [3.05, 3.63) is 108 Å². The summed E-state index contributed by atoms with van der Waals surface area (Å²) in [4.78, 5) is 0. The first kappa shape index (κ1) is 18.5. The fraction of sp³-hybridized carbons (Fsp3) is 0.0968. The average Bonchev–Trinajstić information content (AvgIpc) is 3.38. The molecule has 7 rings (SSSR count). The summed E-state index contributed by atoms with van der Waals surface area (Å²) in [5.74, 6) is 1.45. The third kappa shape index (κ3) is 2.74. The van der Waals surface area contributed by atoms with Crippen molar-refractivity contribution in [3.63, 3.8) is 0 Å². The Hall–Kier alpha value is -4.04. The Morgan fingerprint density at radius 1 is 0.697 bits per heavy atom. The van der Waals surface area contributed by atoms with Gasteiger partial charge in [0, 0.05) is 39.8 Å². The van der Waals surface area contributed by atoms with E-state index < -0.39 is 0 Å². The molecule has 0 fully saturated rings. The standard InChI is InChI=1S/C31H23NO/c1-20-17-31-26(24-12-6-8-14-30(24)33-31)19-29(20)32-27-13-7-5-11-23(27)25-18-22(15-16-28(25)32)21-9-3-2-4-10-21/h2-16,18-20H,17H2,1H3. The predicted octanol–water partition coefficient (Wildman–Crippen LogP) is 8.40. The highest BCUT2D eigenvalue weighted by atomic mass is 16.3. The maximum atomic E-state index is 6.21. The number of para-hydroxylation sites is 2. The summed E-state index contributed by atoms with van der Waals surface area (Å²) in [6, 6.07) is 34.6. The molecule has 0 radical (unpaired) electrons. The van der Waals surface area contributed by atoms with Gasteiger partial charge in [-0.25, -0.2) is 0 Å². The predicted molar refractivity (Wildman–Crippen MR) is 138 cm³/mol. The molecule has 6 aromatic rings. The summed E-state index contributed by atoms with van der Waals surface area (Å²) in [6.07, 6.45) is 3.26. The van der Waals surface area contributed by atoms with Crippen molar-refractivity contribution in [2.45, 2.75) is 13.3 Å². The molecular formula is C31H23NO. The van der Waals surface area contributed by atoms with Crippen LogP contribution in [0.25, 0.3) is 55.7 Å². The van der Waals surface area contributed by atoms with Gasteiger partial charge in [0.05, 0.1) is 11.0 Å². The van der Waals surface area contributed by atoms with Gasteiger partial charge in [-0.1, -0.05) is 79.7 Å². The van der Waals surface area contributed by atoms with Gasteiger partial charge in [0.2, 0.25) is 0 Å². The second kappa shape index (κ2) is 6.98. The molecule has 1 aliphatic rings. The number of hydrogen-bond donors (Lipinski definition) is 0. The minimum Gasteiger partial charge on any atom is -0.460 e. The van der Waals surface area contributed by atoms with Gasteiger partial charge in [0.25, 0.3) is 0 Å². The van der Waals surface area contributed by atoms with E-state index in [0.717, 1.165) is 17.8 Å². The van der Waals surface area contributed by atoms with Crippen molar-refractivity contribution in [1.82, 2.24) is 4.57 Å². The number of benzene rings is 4. The molecule has 0 N–H and O–H groups in total. The van der Waals surface area contributed by atoms with Crippen LogP contribution >= 0.6 is 0 Å². The maximum Gasteiger partial charge on any atom is 0.134 e. The topological polar surface area (TPSA) is 18.1 Å². The number of fused-ring (bicyclic) bond motifs is 6. The fourth-order valence-electron chi connectivity index (χ4n) is 5.44. The lowest BCUT2D eigenvalue weighted by Gasteiger charge is -2.23. The molecule has 4 aromatic carbocycles. The highest BCUT2D eigenvalue weighted by Gasteiger charge is 2.26. The second-order valence-electron chi connectivity index (χ2n) is 9.06.